The molecule has 0 bridgehead atoms. The van der Waals surface area contributed by atoms with Gasteiger partial charge in [0.2, 0.25) is 0 Å². The minimum absolute atomic E-state index is 0.319. The quantitative estimate of drug-likeness (QED) is 0.822. The van der Waals surface area contributed by atoms with Gasteiger partial charge in [0.15, 0.2) is 0 Å². The molecule has 0 saturated carbocycles. The lowest BCUT2D eigenvalue weighted by atomic mass is 9.98. The van der Waals surface area contributed by atoms with Crippen LogP contribution in [0, 0.1) is 9.39 Å². The zero-order valence-corrected chi connectivity index (χ0v) is 12.1. The summed E-state index contributed by atoms with van der Waals surface area (Å²) in [4.78, 5) is 11.9. The maximum absolute atomic E-state index is 12.9. The molecule has 0 radical (unpaired) electrons. The highest BCUT2D eigenvalue weighted by molar-refractivity contribution is 14.1. The Morgan fingerprint density at radius 3 is 2.59 bits per heavy atom. The van der Waals surface area contributed by atoms with Crippen LogP contribution in [0.3, 0.4) is 0 Å². The molecule has 0 heterocycles. The molecule has 2 N–H and O–H groups in total. The minimum atomic E-state index is -0.728. The summed E-state index contributed by atoms with van der Waals surface area (Å²) in [5, 5.41) is 12.2. The first-order valence-corrected chi connectivity index (χ1v) is 6.27. The van der Waals surface area contributed by atoms with Crippen molar-refractivity contribution in [2.45, 2.75) is 32.4 Å². The molecule has 0 aliphatic heterocycles. The van der Waals surface area contributed by atoms with E-state index in [9.17, 15) is 14.3 Å². The molecule has 1 rings (SSSR count). The molecule has 3 nitrogen and oxygen atoms in total. The minimum Gasteiger partial charge on any atom is -0.391 e. The molecule has 0 fully saturated rings. The van der Waals surface area contributed by atoms with Gasteiger partial charge in [0.25, 0.3) is 5.91 Å². The Kier molecular flexibility index (Phi) is 4.48. The second-order valence-corrected chi connectivity index (χ2v) is 5.64. The summed E-state index contributed by atoms with van der Waals surface area (Å²) in [6.45, 7) is 5.06. The second-order valence-electron chi connectivity index (χ2n) is 4.48. The average Bonchev–Trinajstić information content (AvgIpc) is 2.15. The lowest BCUT2D eigenvalue weighted by Crippen LogP contribution is -2.51. The lowest BCUT2D eigenvalue weighted by Gasteiger charge is -2.29. The number of rotatable bonds is 3. The van der Waals surface area contributed by atoms with Gasteiger partial charge in [-0.3, -0.25) is 4.79 Å². The fourth-order valence-electron chi connectivity index (χ4n) is 1.14. The van der Waals surface area contributed by atoms with Gasteiger partial charge in [-0.1, -0.05) is 0 Å². The lowest BCUT2D eigenvalue weighted by molar-refractivity contribution is 0.0708. The van der Waals surface area contributed by atoms with Gasteiger partial charge in [0, 0.05) is 3.57 Å². The van der Waals surface area contributed by atoms with Gasteiger partial charge in [-0.15, -0.1) is 0 Å². The number of hydrogen-bond donors (Lipinski definition) is 2. The van der Waals surface area contributed by atoms with E-state index < -0.39 is 11.6 Å². The van der Waals surface area contributed by atoms with Crippen molar-refractivity contribution in [3.63, 3.8) is 0 Å². The van der Waals surface area contributed by atoms with E-state index >= 15 is 0 Å². The average molecular weight is 351 g/mol. The number of aliphatic hydroxyl groups excluding tert-OH is 1. The van der Waals surface area contributed by atoms with Crippen LogP contribution < -0.4 is 5.32 Å². The zero-order chi connectivity index (χ0) is 13.2. The fourth-order valence-corrected chi connectivity index (χ4v) is 1.86. The van der Waals surface area contributed by atoms with E-state index in [1.165, 1.54) is 18.2 Å². The predicted molar refractivity (Wildman–Crippen MR) is 72.3 cm³/mol. The maximum Gasteiger partial charge on any atom is 0.252 e. The van der Waals surface area contributed by atoms with Crippen LogP contribution in [0.2, 0.25) is 0 Å². The summed E-state index contributed by atoms with van der Waals surface area (Å²) in [6.07, 6.45) is -0.676. The summed E-state index contributed by atoms with van der Waals surface area (Å²) in [6, 6.07) is 3.97. The molecule has 5 heteroatoms. The molecule has 1 aromatic carbocycles. The molecule has 0 aliphatic carbocycles. The van der Waals surface area contributed by atoms with Crippen molar-refractivity contribution < 1.29 is 14.3 Å². The second kappa shape index (κ2) is 5.30. The zero-order valence-electron chi connectivity index (χ0n) is 9.92. The van der Waals surface area contributed by atoms with Crippen molar-refractivity contribution in [3.8, 4) is 0 Å². The van der Waals surface area contributed by atoms with Crippen molar-refractivity contribution in [2.24, 2.45) is 0 Å². The first-order valence-electron chi connectivity index (χ1n) is 5.19. The van der Waals surface area contributed by atoms with Crippen molar-refractivity contribution >= 4 is 28.5 Å². The predicted octanol–water partition coefficient (Wildman–Crippen LogP) is 2.32. The van der Waals surface area contributed by atoms with Crippen LogP contribution in [0.15, 0.2) is 18.2 Å². The van der Waals surface area contributed by atoms with Gasteiger partial charge in [-0.2, -0.15) is 0 Å². The topological polar surface area (TPSA) is 49.3 Å². The maximum atomic E-state index is 12.9. The Morgan fingerprint density at radius 2 is 2.12 bits per heavy atom. The van der Waals surface area contributed by atoms with E-state index in [1.54, 1.807) is 20.8 Å². The molecule has 1 amide bonds. The van der Waals surface area contributed by atoms with Gasteiger partial charge in [0.05, 0.1) is 17.2 Å². The summed E-state index contributed by atoms with van der Waals surface area (Å²) < 4.78 is 13.4. The molecule has 94 valence electrons. The molecular formula is C12H15FINO2. The van der Waals surface area contributed by atoms with E-state index in [4.69, 9.17) is 0 Å². The highest BCUT2D eigenvalue weighted by Gasteiger charge is 2.27. The number of benzene rings is 1. The Morgan fingerprint density at radius 1 is 1.53 bits per heavy atom. The van der Waals surface area contributed by atoms with Crippen molar-refractivity contribution in [1.82, 2.24) is 5.32 Å². The third-order valence-electron chi connectivity index (χ3n) is 2.66. The van der Waals surface area contributed by atoms with Crippen molar-refractivity contribution in [2.75, 3.05) is 0 Å². The Balaban J connectivity index is 2.91. The summed E-state index contributed by atoms with van der Waals surface area (Å²) >= 11 is 1.91. The first kappa shape index (κ1) is 14.4. The number of nitrogens with one attached hydrogen (secondary N) is 1. The van der Waals surface area contributed by atoms with E-state index in [0.717, 1.165) is 0 Å². The molecule has 0 saturated heterocycles. The number of hydrogen-bond acceptors (Lipinski definition) is 2. The van der Waals surface area contributed by atoms with E-state index in [1.807, 2.05) is 22.6 Å². The number of halogens is 2. The number of carbonyl (C=O) groups is 1. The van der Waals surface area contributed by atoms with Gasteiger partial charge in [-0.25, -0.2) is 4.39 Å². The number of carbonyl (C=O) groups excluding carboxylic acids is 1. The molecule has 0 spiro atoms. The van der Waals surface area contributed by atoms with Gasteiger partial charge < -0.3 is 10.4 Å². The smallest absolute Gasteiger partial charge is 0.252 e. The molecular weight excluding hydrogens is 336 g/mol. The van der Waals surface area contributed by atoms with E-state index in [-0.39, 0.29) is 11.7 Å². The standard InChI is InChI=1S/C12H15FINO2/c1-7(16)12(2,3)15-11(17)9-5-4-8(13)6-10(9)14/h4-7,16H,1-3H3,(H,15,17). The normalized spacial score (nSPS) is 13.3. The van der Waals surface area contributed by atoms with Crippen molar-refractivity contribution in [1.29, 1.82) is 0 Å². The number of amides is 1. The van der Waals surface area contributed by atoms with Crippen LogP contribution in [-0.2, 0) is 0 Å². The van der Waals surface area contributed by atoms with Gasteiger partial charge in [-0.05, 0) is 61.6 Å². The van der Waals surface area contributed by atoms with Crippen LogP contribution >= 0.6 is 22.6 Å². The van der Waals surface area contributed by atoms with E-state index in [0.29, 0.717) is 9.13 Å². The number of aliphatic hydroxyl groups is 1. The van der Waals surface area contributed by atoms with Crippen LogP contribution in [0.25, 0.3) is 0 Å². The SMILES string of the molecule is CC(O)C(C)(C)NC(=O)c1ccc(F)cc1I. The van der Waals surface area contributed by atoms with Gasteiger partial charge >= 0.3 is 0 Å². The molecule has 1 atom stereocenters. The van der Waals surface area contributed by atoms with E-state index in [2.05, 4.69) is 5.32 Å². The third kappa shape index (κ3) is 3.64. The van der Waals surface area contributed by atoms with Crippen LogP contribution in [0.5, 0.6) is 0 Å². The molecule has 0 aliphatic rings. The third-order valence-corrected chi connectivity index (χ3v) is 3.55. The van der Waals surface area contributed by atoms with Crippen molar-refractivity contribution in [3.05, 3.63) is 33.1 Å². The van der Waals surface area contributed by atoms with Crippen LogP contribution in [0.1, 0.15) is 31.1 Å². The summed E-state index contributed by atoms with van der Waals surface area (Å²) in [7, 11) is 0. The molecule has 1 aromatic rings. The summed E-state index contributed by atoms with van der Waals surface area (Å²) in [5.41, 5.74) is -0.324. The Labute approximate surface area is 114 Å². The Hall–Kier alpha value is -0.690. The van der Waals surface area contributed by atoms with Gasteiger partial charge in [0.1, 0.15) is 5.82 Å². The van der Waals surface area contributed by atoms with Crippen LogP contribution in [-0.4, -0.2) is 22.7 Å². The van der Waals surface area contributed by atoms with Crippen LogP contribution in [0.4, 0.5) is 4.39 Å². The first-order chi connectivity index (χ1) is 7.74. The fraction of sp³-hybridized carbons (Fsp3) is 0.417. The molecule has 0 aromatic heterocycles. The monoisotopic (exact) mass is 351 g/mol. The highest BCUT2D eigenvalue weighted by atomic mass is 127. The molecule has 17 heavy (non-hydrogen) atoms. The summed E-state index contributed by atoms with van der Waals surface area (Å²) in [5.74, 6) is -0.693. The largest absolute Gasteiger partial charge is 0.391 e. The Bertz CT molecular complexity index is 433. The highest BCUT2D eigenvalue weighted by Crippen LogP contribution is 2.16. The molecule has 1 unspecified atom stereocenters.